The molecule has 76 heavy (non-hydrogen) atoms. The number of nitriles is 1. The van der Waals surface area contributed by atoms with Gasteiger partial charge in [0.2, 0.25) is 11.8 Å². The molecule has 5 heterocycles. The quantitative estimate of drug-likeness (QED) is 0.0994. The van der Waals surface area contributed by atoms with Crippen LogP contribution in [-0.2, 0) is 36.9 Å². The Morgan fingerprint density at radius 2 is 1.38 bits per heavy atom. The number of nitrogens with zero attached hydrogens (tertiary/aromatic N) is 11. The van der Waals surface area contributed by atoms with Gasteiger partial charge >= 0.3 is 23.9 Å². The van der Waals surface area contributed by atoms with Gasteiger partial charge in [0.05, 0.1) is 62.0 Å². The maximum absolute atomic E-state index is 13.7. The number of amides is 2. The number of anilines is 2. The summed E-state index contributed by atoms with van der Waals surface area (Å²) in [6.07, 6.45) is 4.69. The van der Waals surface area contributed by atoms with E-state index < -0.39 is 17.9 Å². The number of aliphatic carboxylic acids is 3. The summed E-state index contributed by atoms with van der Waals surface area (Å²) >= 11 is 6.81. The molecule has 2 amide bonds. The number of carboxylic acid groups (broad SMARTS) is 3. The van der Waals surface area contributed by atoms with Gasteiger partial charge in [-0.05, 0) is 83.5 Å². The van der Waals surface area contributed by atoms with E-state index in [9.17, 15) is 44.6 Å². The number of aromatic nitrogens is 2. The van der Waals surface area contributed by atoms with Crippen LogP contribution in [-0.4, -0.2) is 225 Å². The fourth-order valence-corrected chi connectivity index (χ4v) is 11.7. The number of halogens is 1. The monoisotopic (exact) mass is 1070 g/mol. The molecule has 0 radical (unpaired) electrons. The van der Waals surface area contributed by atoms with Crippen molar-refractivity contribution in [3.63, 3.8) is 0 Å². The van der Waals surface area contributed by atoms with E-state index in [4.69, 9.17) is 26.3 Å². The number of likely N-dealkylation sites (tertiary alicyclic amines) is 1. The van der Waals surface area contributed by atoms with Crippen molar-refractivity contribution in [2.45, 2.75) is 103 Å². The minimum absolute atomic E-state index is 0.0143. The summed E-state index contributed by atoms with van der Waals surface area (Å²) in [6, 6.07) is 13.0. The minimum atomic E-state index is -1.03. The smallest absolute Gasteiger partial charge is 0.318 e. The zero-order valence-corrected chi connectivity index (χ0v) is 45.1. The average Bonchev–Trinajstić information content (AvgIpc) is 3.84. The van der Waals surface area contributed by atoms with E-state index in [1.54, 1.807) is 19.6 Å². The van der Waals surface area contributed by atoms with Crippen molar-refractivity contribution in [1.82, 2.24) is 44.7 Å². The topological polar surface area (TPSA) is 243 Å². The highest BCUT2D eigenvalue weighted by Crippen LogP contribution is 2.37. The maximum atomic E-state index is 13.7. The Bertz CT molecular complexity index is 2580. The number of hydrogen-bond acceptors (Lipinski definition) is 16. The van der Waals surface area contributed by atoms with Gasteiger partial charge in [0.1, 0.15) is 12.4 Å². The van der Waals surface area contributed by atoms with Gasteiger partial charge in [0, 0.05) is 112 Å². The molecular weight excluding hydrogens is 996 g/mol. The Morgan fingerprint density at radius 1 is 0.776 bits per heavy atom. The van der Waals surface area contributed by atoms with E-state index in [0.29, 0.717) is 76.8 Å². The molecular formula is C54H75ClN12O9. The van der Waals surface area contributed by atoms with Crippen LogP contribution >= 0.6 is 11.6 Å². The molecule has 7 rings (SSSR count). The molecule has 0 unspecified atom stereocenters. The molecule has 0 bridgehead atoms. The van der Waals surface area contributed by atoms with Crippen LogP contribution in [0.15, 0.2) is 49.1 Å². The average molecular weight is 1070 g/mol. The van der Waals surface area contributed by atoms with E-state index in [2.05, 4.69) is 50.9 Å². The molecule has 4 aliphatic rings. The summed E-state index contributed by atoms with van der Waals surface area (Å²) in [7, 11) is 0. The molecule has 0 aliphatic carbocycles. The third kappa shape index (κ3) is 14.9. The zero-order valence-electron chi connectivity index (χ0n) is 44.4. The maximum Gasteiger partial charge on any atom is 0.318 e. The van der Waals surface area contributed by atoms with Crippen LogP contribution in [0, 0.1) is 11.3 Å². The third-order valence-corrected chi connectivity index (χ3v) is 15.8. The molecule has 0 saturated carbocycles. The molecule has 3 saturated heterocycles. The first-order valence-electron chi connectivity index (χ1n) is 26.5. The molecule has 4 N–H and O–H groups in total. The van der Waals surface area contributed by atoms with Crippen molar-refractivity contribution in [3.8, 4) is 12.1 Å². The predicted molar refractivity (Wildman–Crippen MR) is 289 cm³/mol. The summed E-state index contributed by atoms with van der Waals surface area (Å²) in [6.45, 7) is 16.4. The Balaban J connectivity index is 1.01. The first kappa shape index (κ1) is 57.6. The van der Waals surface area contributed by atoms with Gasteiger partial charge in [-0.1, -0.05) is 42.4 Å². The molecule has 4 aliphatic heterocycles. The second kappa shape index (κ2) is 26.8. The lowest BCUT2D eigenvalue weighted by Crippen LogP contribution is -2.58. The second-order valence-corrected chi connectivity index (χ2v) is 21.3. The van der Waals surface area contributed by atoms with Crippen LogP contribution in [0.1, 0.15) is 64.6 Å². The minimum Gasteiger partial charge on any atom is -0.480 e. The van der Waals surface area contributed by atoms with Gasteiger partial charge in [-0.25, -0.2) is 0 Å². The van der Waals surface area contributed by atoms with Crippen LogP contribution in [0.2, 0.25) is 5.02 Å². The lowest BCUT2D eigenvalue weighted by molar-refractivity contribution is -0.142. The van der Waals surface area contributed by atoms with Gasteiger partial charge in [-0.2, -0.15) is 15.2 Å². The van der Waals surface area contributed by atoms with Crippen LogP contribution in [0.5, 0.6) is 6.01 Å². The number of benzene rings is 2. The van der Waals surface area contributed by atoms with Gasteiger partial charge in [0.15, 0.2) is 0 Å². The Kier molecular flexibility index (Phi) is 20.3. The Hall–Kier alpha value is -6.15. The number of carbonyl (C=O) groups is 5. The summed E-state index contributed by atoms with van der Waals surface area (Å²) in [5.41, 5.74) is 2.88. The molecule has 1 aromatic heterocycles. The number of hydrogen-bond donors (Lipinski definition) is 4. The van der Waals surface area contributed by atoms with Crippen molar-refractivity contribution in [2.75, 3.05) is 115 Å². The molecule has 2 aromatic carbocycles. The molecule has 412 valence electrons. The Morgan fingerprint density at radius 3 is 1.97 bits per heavy atom. The first-order valence-corrected chi connectivity index (χ1v) is 26.9. The van der Waals surface area contributed by atoms with Crippen LogP contribution in [0.4, 0.5) is 11.5 Å². The second-order valence-electron chi connectivity index (χ2n) is 20.9. The summed E-state index contributed by atoms with van der Waals surface area (Å²) in [4.78, 5) is 88.6. The van der Waals surface area contributed by atoms with Gasteiger partial charge < -0.3 is 40.1 Å². The fourth-order valence-electron chi connectivity index (χ4n) is 11.4. The van der Waals surface area contributed by atoms with E-state index in [-0.39, 0.29) is 106 Å². The van der Waals surface area contributed by atoms with Crippen molar-refractivity contribution in [2.24, 2.45) is 0 Å². The molecule has 0 spiro atoms. The number of carbonyl (C=O) groups excluding carboxylic acids is 2. The lowest BCUT2D eigenvalue weighted by atomic mass is 10.0. The van der Waals surface area contributed by atoms with Crippen molar-refractivity contribution >= 4 is 63.6 Å². The number of rotatable bonds is 19. The van der Waals surface area contributed by atoms with Crippen molar-refractivity contribution < 1.29 is 44.0 Å². The number of carboxylic acids is 3. The third-order valence-electron chi connectivity index (χ3n) is 15.5. The lowest BCUT2D eigenvalue weighted by Gasteiger charge is -2.43. The van der Waals surface area contributed by atoms with Crippen LogP contribution < -0.4 is 19.9 Å². The summed E-state index contributed by atoms with van der Waals surface area (Å²) < 4.78 is 6.55. The van der Waals surface area contributed by atoms with Crippen molar-refractivity contribution in [3.05, 3.63) is 65.3 Å². The SMILES string of the molecule is C=CC(=O)N1CCN(c2nc(OC[C@@H]3CCCN3CCCNC(=O)CN3C[C@@H](C)N(CC(=O)O)C[C@@H](C)N(CC(=O)O)C[C@@H](C)N(CC(=O)O)C[C@H]3C)nc3c2CCN(c2cccc4cccc(Cl)c24)C3)C[C@@H]1CC#N. The summed E-state index contributed by atoms with van der Waals surface area (Å²) in [5, 5.41) is 45.0. The fraction of sp³-hybridized carbons (Fsp3) is 0.593. The molecule has 3 aromatic rings. The normalized spacial score (nSPS) is 23.8. The van der Waals surface area contributed by atoms with Crippen LogP contribution in [0.3, 0.4) is 0 Å². The molecule has 21 nitrogen and oxygen atoms in total. The standard InChI is InChI=1S/C54H75ClN12O9/c1-6-48(69)67-24-23-62(29-41(67)16-18-56)53-43-17-22-61(46-15-8-12-40-11-7-14-44(55)52(40)46)30-45(43)58-54(59-53)76-35-42-13-9-20-60(42)21-10-19-57-47(68)31-63-25-37(3)65(33-50(72)73)27-39(5)66(34-51(74)75)28-38(4)64(26-36(63)2)32-49(70)71/h6-8,11-12,14-15,36-39,41-42H,1,9-10,13,16-17,19-35H2,2-5H3,(H,57,68)(H,70,71)(H,72,73)(H,74,75)/t36-,37-,38-,39-,41+,42+/m1/s1. The first-order chi connectivity index (χ1) is 36.4. The van der Waals surface area contributed by atoms with E-state index in [0.717, 1.165) is 52.9 Å². The highest BCUT2D eigenvalue weighted by molar-refractivity contribution is 6.36. The van der Waals surface area contributed by atoms with Gasteiger partial charge in [0.25, 0.3) is 0 Å². The summed E-state index contributed by atoms with van der Waals surface area (Å²) in [5.74, 6) is -2.72. The number of ether oxygens (including phenoxy) is 1. The van der Waals surface area contributed by atoms with Gasteiger partial charge in [-0.3, -0.25) is 48.5 Å². The zero-order chi connectivity index (χ0) is 54.6. The molecule has 3 fully saturated rings. The van der Waals surface area contributed by atoms with Gasteiger partial charge in [-0.15, -0.1) is 0 Å². The highest BCUT2D eigenvalue weighted by Gasteiger charge is 2.36. The van der Waals surface area contributed by atoms with E-state index in [1.165, 1.54) is 6.08 Å². The van der Waals surface area contributed by atoms with E-state index >= 15 is 0 Å². The predicted octanol–water partition coefficient (Wildman–Crippen LogP) is 3.34. The number of fused-ring (bicyclic) bond motifs is 2. The number of nitrogens with one attached hydrogen (secondary N) is 1. The Labute approximate surface area is 450 Å². The molecule has 22 heteroatoms. The largest absolute Gasteiger partial charge is 0.480 e. The van der Waals surface area contributed by atoms with Crippen LogP contribution in [0.25, 0.3) is 10.8 Å². The molecule has 6 atom stereocenters. The highest BCUT2D eigenvalue weighted by atomic mass is 35.5. The van der Waals surface area contributed by atoms with E-state index in [1.807, 2.05) is 50.8 Å². The number of piperazine rings is 1. The van der Waals surface area contributed by atoms with Crippen molar-refractivity contribution in [1.29, 1.82) is 5.26 Å².